The van der Waals surface area contributed by atoms with Crippen molar-refractivity contribution in [1.29, 1.82) is 0 Å². The van der Waals surface area contributed by atoms with Gasteiger partial charge in [0.2, 0.25) is 0 Å². The van der Waals surface area contributed by atoms with Crippen molar-refractivity contribution < 1.29 is 4.39 Å². The van der Waals surface area contributed by atoms with E-state index in [1.807, 2.05) is 0 Å². The standard InChI is InChI=1S/C14H14ClFN2S/c15-13-6-10(16)2-1-9(13)5-14-18-12(8-19-14)7-17-11-3-4-11/h1-2,6,8,11,17H,3-5,7H2. The quantitative estimate of drug-likeness (QED) is 0.908. The van der Waals surface area contributed by atoms with Crippen LogP contribution in [0.4, 0.5) is 4.39 Å². The second-order valence-electron chi connectivity index (χ2n) is 4.80. The van der Waals surface area contributed by atoms with E-state index >= 15 is 0 Å². The van der Waals surface area contributed by atoms with E-state index in [0.717, 1.165) is 22.8 Å². The van der Waals surface area contributed by atoms with Crippen LogP contribution in [0, 0.1) is 5.82 Å². The highest BCUT2D eigenvalue weighted by Gasteiger charge is 2.20. The molecule has 1 saturated carbocycles. The Morgan fingerprint density at radius 2 is 2.26 bits per heavy atom. The fourth-order valence-electron chi connectivity index (χ4n) is 1.88. The highest BCUT2D eigenvalue weighted by atomic mass is 35.5. The molecule has 100 valence electrons. The first-order valence-electron chi connectivity index (χ1n) is 6.31. The SMILES string of the molecule is Fc1ccc(Cc2nc(CNC3CC3)cs2)c(Cl)c1. The van der Waals surface area contributed by atoms with Gasteiger partial charge in [-0.3, -0.25) is 0 Å². The average Bonchev–Trinajstić information content (AvgIpc) is 3.10. The number of hydrogen-bond donors (Lipinski definition) is 1. The summed E-state index contributed by atoms with van der Waals surface area (Å²) >= 11 is 7.65. The van der Waals surface area contributed by atoms with Crippen molar-refractivity contribution >= 4 is 22.9 Å². The summed E-state index contributed by atoms with van der Waals surface area (Å²) < 4.78 is 13.0. The first-order valence-corrected chi connectivity index (χ1v) is 7.57. The molecule has 1 aromatic heterocycles. The second kappa shape index (κ2) is 5.57. The van der Waals surface area contributed by atoms with Crippen LogP contribution in [-0.2, 0) is 13.0 Å². The average molecular weight is 297 g/mol. The number of benzene rings is 1. The van der Waals surface area contributed by atoms with Gasteiger partial charge in [0, 0.05) is 29.4 Å². The van der Waals surface area contributed by atoms with Gasteiger partial charge in [-0.1, -0.05) is 17.7 Å². The van der Waals surface area contributed by atoms with E-state index in [-0.39, 0.29) is 5.82 Å². The Bertz CT molecular complexity index is 581. The summed E-state index contributed by atoms with van der Waals surface area (Å²) in [6.07, 6.45) is 3.22. The van der Waals surface area contributed by atoms with E-state index in [1.54, 1.807) is 17.4 Å². The minimum absolute atomic E-state index is 0.304. The van der Waals surface area contributed by atoms with Crippen LogP contribution in [-0.4, -0.2) is 11.0 Å². The molecule has 19 heavy (non-hydrogen) atoms. The molecular weight excluding hydrogens is 283 g/mol. The molecule has 1 heterocycles. The maximum atomic E-state index is 13.0. The van der Waals surface area contributed by atoms with Gasteiger partial charge in [-0.05, 0) is 30.5 Å². The van der Waals surface area contributed by atoms with Gasteiger partial charge < -0.3 is 5.32 Å². The summed E-state index contributed by atoms with van der Waals surface area (Å²) in [6.45, 7) is 0.832. The van der Waals surface area contributed by atoms with Gasteiger partial charge in [-0.25, -0.2) is 9.37 Å². The number of nitrogens with zero attached hydrogens (tertiary/aromatic N) is 1. The molecule has 2 nitrogen and oxygen atoms in total. The molecule has 1 aromatic carbocycles. The molecule has 1 aliphatic rings. The molecule has 0 bridgehead atoms. The third kappa shape index (κ3) is 3.53. The van der Waals surface area contributed by atoms with Crippen molar-refractivity contribution in [2.75, 3.05) is 0 Å². The molecule has 0 atom stereocenters. The minimum atomic E-state index is -0.304. The van der Waals surface area contributed by atoms with E-state index in [4.69, 9.17) is 11.6 Å². The van der Waals surface area contributed by atoms with Gasteiger partial charge in [0.1, 0.15) is 5.82 Å². The van der Waals surface area contributed by atoms with Crippen LogP contribution in [0.3, 0.4) is 0 Å². The fraction of sp³-hybridized carbons (Fsp3) is 0.357. The summed E-state index contributed by atoms with van der Waals surface area (Å²) in [5.41, 5.74) is 1.99. The van der Waals surface area contributed by atoms with Gasteiger partial charge in [0.05, 0.1) is 10.7 Å². The summed E-state index contributed by atoms with van der Waals surface area (Å²) in [4.78, 5) is 4.57. The molecule has 0 amide bonds. The summed E-state index contributed by atoms with van der Waals surface area (Å²) in [5.74, 6) is -0.304. The molecule has 5 heteroatoms. The summed E-state index contributed by atoms with van der Waals surface area (Å²) in [7, 11) is 0. The normalized spacial score (nSPS) is 14.8. The van der Waals surface area contributed by atoms with E-state index < -0.39 is 0 Å². The summed E-state index contributed by atoms with van der Waals surface area (Å²) in [6, 6.07) is 5.20. The number of nitrogens with one attached hydrogen (secondary N) is 1. The monoisotopic (exact) mass is 296 g/mol. The van der Waals surface area contributed by atoms with Crippen LogP contribution in [0.1, 0.15) is 29.1 Å². The largest absolute Gasteiger partial charge is 0.308 e. The van der Waals surface area contributed by atoms with Crippen LogP contribution in [0.25, 0.3) is 0 Å². The summed E-state index contributed by atoms with van der Waals surface area (Å²) in [5, 5.41) is 6.99. The number of hydrogen-bond acceptors (Lipinski definition) is 3. The van der Waals surface area contributed by atoms with Crippen molar-refractivity contribution in [3.05, 3.63) is 50.7 Å². The first-order chi connectivity index (χ1) is 9.20. The second-order valence-corrected chi connectivity index (χ2v) is 6.15. The number of halogens is 2. The van der Waals surface area contributed by atoms with Crippen LogP contribution in [0.15, 0.2) is 23.6 Å². The molecule has 0 spiro atoms. The highest BCUT2D eigenvalue weighted by molar-refractivity contribution is 7.09. The lowest BCUT2D eigenvalue weighted by Gasteiger charge is -2.02. The zero-order valence-corrected chi connectivity index (χ0v) is 11.9. The van der Waals surface area contributed by atoms with Crippen LogP contribution in [0.2, 0.25) is 5.02 Å². The van der Waals surface area contributed by atoms with Gasteiger partial charge in [-0.15, -0.1) is 11.3 Å². The van der Waals surface area contributed by atoms with Crippen molar-refractivity contribution in [1.82, 2.24) is 10.3 Å². The van der Waals surface area contributed by atoms with Gasteiger partial charge in [0.15, 0.2) is 0 Å². The molecule has 3 rings (SSSR count). The Labute approximate surface area is 120 Å². The molecule has 0 saturated heterocycles. The van der Waals surface area contributed by atoms with Crippen LogP contribution >= 0.6 is 22.9 Å². The number of rotatable bonds is 5. The van der Waals surface area contributed by atoms with Crippen molar-refractivity contribution in [3.63, 3.8) is 0 Å². The molecule has 2 aromatic rings. The maximum absolute atomic E-state index is 13.0. The van der Waals surface area contributed by atoms with Crippen molar-refractivity contribution in [2.45, 2.75) is 31.8 Å². The van der Waals surface area contributed by atoms with Crippen LogP contribution in [0.5, 0.6) is 0 Å². The Balaban J connectivity index is 1.65. The van der Waals surface area contributed by atoms with Gasteiger partial charge in [-0.2, -0.15) is 0 Å². The van der Waals surface area contributed by atoms with E-state index in [2.05, 4.69) is 15.7 Å². The minimum Gasteiger partial charge on any atom is -0.308 e. The molecule has 1 N–H and O–H groups in total. The van der Waals surface area contributed by atoms with Crippen molar-refractivity contribution in [3.8, 4) is 0 Å². The van der Waals surface area contributed by atoms with E-state index in [1.165, 1.54) is 25.0 Å². The Morgan fingerprint density at radius 3 is 3.00 bits per heavy atom. The van der Waals surface area contributed by atoms with Crippen molar-refractivity contribution in [2.24, 2.45) is 0 Å². The lowest BCUT2D eigenvalue weighted by Crippen LogP contribution is -2.15. The lowest BCUT2D eigenvalue weighted by atomic mass is 10.1. The molecule has 0 aliphatic heterocycles. The van der Waals surface area contributed by atoms with Crippen LogP contribution < -0.4 is 5.32 Å². The number of thiazole rings is 1. The molecule has 1 fully saturated rings. The van der Waals surface area contributed by atoms with E-state index in [0.29, 0.717) is 17.5 Å². The molecule has 0 radical (unpaired) electrons. The third-order valence-electron chi connectivity index (χ3n) is 3.11. The Hall–Kier alpha value is -0.970. The fourth-order valence-corrected chi connectivity index (χ4v) is 2.93. The van der Waals surface area contributed by atoms with Gasteiger partial charge in [0.25, 0.3) is 0 Å². The zero-order chi connectivity index (χ0) is 13.2. The highest BCUT2D eigenvalue weighted by Crippen LogP contribution is 2.23. The predicted molar refractivity (Wildman–Crippen MR) is 76.2 cm³/mol. The predicted octanol–water partition coefficient (Wildman–Crippen LogP) is 3.78. The van der Waals surface area contributed by atoms with E-state index in [9.17, 15) is 4.39 Å². The third-order valence-corrected chi connectivity index (χ3v) is 4.35. The topological polar surface area (TPSA) is 24.9 Å². The lowest BCUT2D eigenvalue weighted by molar-refractivity contribution is 0.627. The zero-order valence-electron chi connectivity index (χ0n) is 10.3. The maximum Gasteiger partial charge on any atom is 0.124 e. The Morgan fingerprint density at radius 1 is 1.42 bits per heavy atom. The molecule has 0 unspecified atom stereocenters. The Kier molecular flexibility index (Phi) is 3.82. The smallest absolute Gasteiger partial charge is 0.124 e. The number of aromatic nitrogens is 1. The molecule has 1 aliphatic carbocycles. The first kappa shape index (κ1) is 13.0. The molecular formula is C14H14ClFN2S. The van der Waals surface area contributed by atoms with Gasteiger partial charge >= 0.3 is 0 Å².